The number of aryl methyl sites for hydroxylation is 2. The van der Waals surface area contributed by atoms with Crippen molar-refractivity contribution in [3.63, 3.8) is 0 Å². The summed E-state index contributed by atoms with van der Waals surface area (Å²) in [7, 11) is 1.41. The maximum Gasteiger partial charge on any atom is 0.337 e. The highest BCUT2D eigenvalue weighted by Crippen LogP contribution is 2.26. The van der Waals surface area contributed by atoms with Crippen LogP contribution in [0.3, 0.4) is 0 Å². The number of hydrogen-bond donors (Lipinski definition) is 0. The normalized spacial score (nSPS) is 11.0. The lowest BCUT2D eigenvalue weighted by molar-refractivity contribution is 0.0600. The van der Waals surface area contributed by atoms with Gasteiger partial charge in [-0.15, -0.1) is 0 Å². The Morgan fingerprint density at radius 3 is 2.21 bits per heavy atom. The van der Waals surface area contributed by atoms with Gasteiger partial charge in [-0.1, -0.05) is 42.5 Å². The summed E-state index contributed by atoms with van der Waals surface area (Å²) in [5, 5.41) is 0. The molecule has 0 spiro atoms. The Morgan fingerprint density at radius 1 is 0.824 bits per heavy atom. The fourth-order valence-electron chi connectivity index (χ4n) is 4.44. The van der Waals surface area contributed by atoms with Crippen molar-refractivity contribution in [3.05, 3.63) is 95.1 Å². The van der Waals surface area contributed by atoms with Gasteiger partial charge in [-0.3, -0.25) is 0 Å². The standard InChI is InChI=1S/C30H37NO3/c1-22(2)31(23(3)4)28-16-10-14-24(19-28)13-9-15-26-20-27(30(32)33-5)17-18-29(26)34-21-25-11-7-6-8-12-25/h6-8,10-12,14,16-20,22-23H,9,13,15,21H2,1-5H3. The number of esters is 1. The third-order valence-corrected chi connectivity index (χ3v) is 5.95. The topological polar surface area (TPSA) is 38.8 Å². The van der Waals surface area contributed by atoms with Crippen molar-refractivity contribution in [2.24, 2.45) is 0 Å². The molecule has 0 N–H and O–H groups in total. The van der Waals surface area contributed by atoms with Crippen LogP contribution in [0.25, 0.3) is 0 Å². The Kier molecular flexibility index (Phi) is 9.15. The molecule has 3 aromatic carbocycles. The summed E-state index contributed by atoms with van der Waals surface area (Å²) in [5.41, 5.74) is 5.28. The van der Waals surface area contributed by atoms with Gasteiger partial charge in [0.25, 0.3) is 0 Å². The minimum Gasteiger partial charge on any atom is -0.489 e. The quantitative estimate of drug-likeness (QED) is 0.294. The van der Waals surface area contributed by atoms with Crippen molar-refractivity contribution in [3.8, 4) is 5.75 Å². The zero-order valence-electron chi connectivity index (χ0n) is 21.1. The number of ether oxygens (including phenoxy) is 2. The molecule has 0 heterocycles. The van der Waals surface area contributed by atoms with E-state index in [1.807, 2.05) is 42.5 Å². The van der Waals surface area contributed by atoms with Crippen molar-refractivity contribution in [1.29, 1.82) is 0 Å². The summed E-state index contributed by atoms with van der Waals surface area (Å²) in [6, 6.07) is 25.4. The second-order valence-corrected chi connectivity index (χ2v) is 9.21. The van der Waals surface area contributed by atoms with Crippen LogP contribution < -0.4 is 9.64 Å². The minimum absolute atomic E-state index is 0.328. The highest BCUT2D eigenvalue weighted by molar-refractivity contribution is 5.89. The first-order valence-corrected chi connectivity index (χ1v) is 12.1. The fourth-order valence-corrected chi connectivity index (χ4v) is 4.44. The monoisotopic (exact) mass is 459 g/mol. The maximum atomic E-state index is 12.1. The van der Waals surface area contributed by atoms with Crippen LogP contribution in [0.1, 0.15) is 61.2 Å². The molecule has 3 rings (SSSR count). The number of nitrogens with zero attached hydrogens (tertiary/aromatic N) is 1. The van der Waals surface area contributed by atoms with Gasteiger partial charge >= 0.3 is 5.97 Å². The van der Waals surface area contributed by atoms with E-state index in [1.54, 1.807) is 6.07 Å². The van der Waals surface area contributed by atoms with E-state index in [4.69, 9.17) is 9.47 Å². The molecule has 4 nitrogen and oxygen atoms in total. The van der Waals surface area contributed by atoms with Crippen LogP contribution in [0.4, 0.5) is 5.69 Å². The molecule has 0 aliphatic rings. The largest absolute Gasteiger partial charge is 0.489 e. The predicted octanol–water partition coefficient (Wildman–Crippen LogP) is 6.85. The molecule has 3 aromatic rings. The molecule has 180 valence electrons. The first-order valence-electron chi connectivity index (χ1n) is 12.1. The molecule has 0 saturated heterocycles. The molecule has 0 radical (unpaired) electrons. The zero-order valence-corrected chi connectivity index (χ0v) is 21.1. The van der Waals surface area contributed by atoms with Gasteiger partial charge in [-0.05, 0) is 94.0 Å². The van der Waals surface area contributed by atoms with Gasteiger partial charge in [0.15, 0.2) is 0 Å². The second-order valence-electron chi connectivity index (χ2n) is 9.21. The molecule has 0 aliphatic heterocycles. The van der Waals surface area contributed by atoms with E-state index in [1.165, 1.54) is 18.4 Å². The molecular weight excluding hydrogens is 422 g/mol. The van der Waals surface area contributed by atoms with E-state index in [-0.39, 0.29) is 5.97 Å². The lowest BCUT2D eigenvalue weighted by Gasteiger charge is -2.33. The number of carbonyl (C=O) groups excluding carboxylic acids is 1. The van der Waals surface area contributed by atoms with E-state index in [9.17, 15) is 4.79 Å². The van der Waals surface area contributed by atoms with Crippen molar-refractivity contribution in [2.75, 3.05) is 12.0 Å². The Balaban J connectivity index is 1.72. The first-order chi connectivity index (χ1) is 16.4. The fraction of sp³-hybridized carbons (Fsp3) is 0.367. The highest BCUT2D eigenvalue weighted by Gasteiger charge is 2.15. The predicted molar refractivity (Wildman–Crippen MR) is 140 cm³/mol. The Labute approximate surface area is 204 Å². The molecule has 0 aromatic heterocycles. The smallest absolute Gasteiger partial charge is 0.337 e. The van der Waals surface area contributed by atoms with Crippen LogP contribution in [0.5, 0.6) is 5.75 Å². The van der Waals surface area contributed by atoms with Crippen LogP contribution in [-0.2, 0) is 24.2 Å². The number of benzene rings is 3. The van der Waals surface area contributed by atoms with Gasteiger partial charge in [0.05, 0.1) is 12.7 Å². The Hall–Kier alpha value is -3.27. The highest BCUT2D eigenvalue weighted by atomic mass is 16.5. The summed E-state index contributed by atoms with van der Waals surface area (Å²) in [4.78, 5) is 14.5. The van der Waals surface area contributed by atoms with Crippen molar-refractivity contribution < 1.29 is 14.3 Å². The number of anilines is 1. The molecule has 0 aliphatic carbocycles. The molecule has 0 fully saturated rings. The van der Waals surface area contributed by atoms with E-state index < -0.39 is 0 Å². The van der Waals surface area contributed by atoms with Gasteiger partial charge in [0.1, 0.15) is 12.4 Å². The summed E-state index contributed by atoms with van der Waals surface area (Å²) < 4.78 is 11.1. The summed E-state index contributed by atoms with van der Waals surface area (Å²) in [6.45, 7) is 9.43. The van der Waals surface area contributed by atoms with Gasteiger partial charge in [0.2, 0.25) is 0 Å². The van der Waals surface area contributed by atoms with Crippen LogP contribution in [-0.4, -0.2) is 25.2 Å². The Morgan fingerprint density at radius 2 is 1.53 bits per heavy atom. The average molecular weight is 460 g/mol. The van der Waals surface area contributed by atoms with Crippen LogP contribution in [0, 0.1) is 0 Å². The number of carbonyl (C=O) groups is 1. The minimum atomic E-state index is -0.328. The van der Waals surface area contributed by atoms with Crippen LogP contribution >= 0.6 is 0 Å². The number of rotatable bonds is 11. The molecule has 0 saturated carbocycles. The van der Waals surface area contributed by atoms with E-state index >= 15 is 0 Å². The first kappa shape index (κ1) is 25.4. The Bertz CT molecular complexity index is 1050. The van der Waals surface area contributed by atoms with Crippen molar-refractivity contribution in [1.82, 2.24) is 0 Å². The van der Waals surface area contributed by atoms with Crippen molar-refractivity contribution in [2.45, 2.75) is 65.6 Å². The van der Waals surface area contributed by atoms with E-state index in [0.717, 1.165) is 36.1 Å². The summed E-state index contributed by atoms with van der Waals surface area (Å²) in [6.07, 6.45) is 2.73. The molecular formula is C30H37NO3. The van der Waals surface area contributed by atoms with Crippen LogP contribution in [0.15, 0.2) is 72.8 Å². The molecule has 0 unspecified atom stereocenters. The van der Waals surface area contributed by atoms with Crippen LogP contribution in [0.2, 0.25) is 0 Å². The lowest BCUT2D eigenvalue weighted by Crippen LogP contribution is -2.36. The van der Waals surface area contributed by atoms with E-state index in [2.05, 4.69) is 56.9 Å². The third-order valence-electron chi connectivity index (χ3n) is 5.95. The molecule has 34 heavy (non-hydrogen) atoms. The zero-order chi connectivity index (χ0) is 24.5. The van der Waals surface area contributed by atoms with E-state index in [0.29, 0.717) is 24.3 Å². The van der Waals surface area contributed by atoms with Gasteiger partial charge in [-0.2, -0.15) is 0 Å². The second kappa shape index (κ2) is 12.3. The lowest BCUT2D eigenvalue weighted by atomic mass is 10.0. The average Bonchev–Trinajstić information content (AvgIpc) is 2.83. The summed E-state index contributed by atoms with van der Waals surface area (Å²) >= 11 is 0. The molecule has 0 amide bonds. The maximum absolute atomic E-state index is 12.1. The van der Waals surface area contributed by atoms with Gasteiger partial charge in [0, 0.05) is 17.8 Å². The molecule has 4 heteroatoms. The molecule has 0 bridgehead atoms. The SMILES string of the molecule is COC(=O)c1ccc(OCc2ccccc2)c(CCCc2cccc(N(C(C)C)C(C)C)c2)c1. The number of methoxy groups -OCH3 is 1. The number of hydrogen-bond acceptors (Lipinski definition) is 4. The third kappa shape index (κ3) is 6.86. The van der Waals surface area contributed by atoms with Gasteiger partial charge < -0.3 is 14.4 Å². The van der Waals surface area contributed by atoms with Crippen molar-refractivity contribution >= 4 is 11.7 Å². The summed E-state index contributed by atoms with van der Waals surface area (Å²) in [5.74, 6) is 0.488. The van der Waals surface area contributed by atoms with Gasteiger partial charge in [-0.25, -0.2) is 4.79 Å². The molecule has 0 atom stereocenters.